The van der Waals surface area contributed by atoms with Crippen LogP contribution in [0.25, 0.3) is 0 Å². The maximum Gasteiger partial charge on any atom is 0.387 e. The van der Waals surface area contributed by atoms with E-state index in [1.165, 1.54) is 6.20 Å². The molecule has 1 aromatic heterocycles. The van der Waals surface area contributed by atoms with Crippen molar-refractivity contribution in [3.05, 3.63) is 40.6 Å². The summed E-state index contributed by atoms with van der Waals surface area (Å²) in [5.41, 5.74) is 3.04. The molecule has 1 aliphatic rings. The molecule has 2 aromatic rings. The zero-order valence-electron chi connectivity index (χ0n) is 13.9. The molecule has 1 aliphatic heterocycles. The number of nitrogens with one attached hydrogen (secondary N) is 1. The van der Waals surface area contributed by atoms with E-state index >= 15 is 0 Å². The van der Waals surface area contributed by atoms with Gasteiger partial charge in [-0.2, -0.15) is 13.9 Å². The van der Waals surface area contributed by atoms with Crippen molar-refractivity contribution < 1.29 is 22.3 Å². The third kappa shape index (κ3) is 4.16. The van der Waals surface area contributed by atoms with Gasteiger partial charge in [-0.1, -0.05) is 11.6 Å². The van der Waals surface area contributed by atoms with Crippen LogP contribution in [0.2, 0.25) is 5.02 Å². The number of aromatic nitrogens is 2. The number of hydrogen-bond acceptors (Lipinski definition) is 6. The minimum Gasteiger partial charge on any atom is -0.431 e. The van der Waals surface area contributed by atoms with Gasteiger partial charge in [0.15, 0.2) is 17.4 Å². The predicted molar refractivity (Wildman–Crippen MR) is 92.0 cm³/mol. The van der Waals surface area contributed by atoms with Crippen molar-refractivity contribution in [3.63, 3.8) is 0 Å². The van der Waals surface area contributed by atoms with Gasteiger partial charge < -0.3 is 15.1 Å². The average Bonchev–Trinajstić information content (AvgIpc) is 2.64. The minimum atomic E-state index is -3.20. The lowest BCUT2D eigenvalue weighted by molar-refractivity contribution is -0.0531. The van der Waals surface area contributed by atoms with E-state index in [0.717, 1.165) is 6.07 Å². The maximum atomic E-state index is 13.9. The van der Waals surface area contributed by atoms with Crippen molar-refractivity contribution in [1.82, 2.24) is 10.2 Å². The van der Waals surface area contributed by atoms with Crippen molar-refractivity contribution in [2.24, 2.45) is 5.84 Å². The second-order valence-corrected chi connectivity index (χ2v) is 6.36. The molecule has 0 amide bonds. The van der Waals surface area contributed by atoms with E-state index in [0.29, 0.717) is 42.7 Å². The number of piperidine rings is 1. The largest absolute Gasteiger partial charge is 0.431 e. The summed E-state index contributed by atoms with van der Waals surface area (Å²) in [5.74, 6) is 2.61. The van der Waals surface area contributed by atoms with Crippen LogP contribution in [-0.2, 0) is 0 Å². The molecule has 146 valence electrons. The Morgan fingerprint density at radius 1 is 1.26 bits per heavy atom. The number of hydrazine groups is 1. The Balaban J connectivity index is 1.80. The lowest BCUT2D eigenvalue weighted by Gasteiger charge is -2.34. The van der Waals surface area contributed by atoms with Crippen LogP contribution in [0.15, 0.2) is 18.3 Å². The van der Waals surface area contributed by atoms with E-state index in [-0.39, 0.29) is 17.3 Å². The standard InChI is InChI=1S/C16H16ClF4N5O/c17-13-12(7-23-25-15(13)24-22)26-3-1-8(2-4-26)10-5-9(18)6-11(19)14(10)27-16(20)21/h5-8,16H,1-4,22H2,(H,24,25). The highest BCUT2D eigenvalue weighted by atomic mass is 35.5. The SMILES string of the molecule is NNc1nncc(N2CCC(c3cc(F)cc(F)c3OC(F)F)CC2)c1Cl. The van der Waals surface area contributed by atoms with E-state index in [9.17, 15) is 17.6 Å². The van der Waals surface area contributed by atoms with Crippen LogP contribution in [0.1, 0.15) is 24.3 Å². The summed E-state index contributed by atoms with van der Waals surface area (Å²) in [5, 5.41) is 7.87. The Morgan fingerprint density at radius 3 is 2.59 bits per heavy atom. The van der Waals surface area contributed by atoms with E-state index in [2.05, 4.69) is 20.4 Å². The first kappa shape index (κ1) is 19.4. The second kappa shape index (κ2) is 8.13. The van der Waals surface area contributed by atoms with E-state index in [1.54, 1.807) is 0 Å². The number of nitrogen functional groups attached to an aromatic ring is 1. The monoisotopic (exact) mass is 405 g/mol. The molecule has 6 nitrogen and oxygen atoms in total. The van der Waals surface area contributed by atoms with Crippen LogP contribution in [0.3, 0.4) is 0 Å². The highest BCUT2D eigenvalue weighted by Gasteiger charge is 2.28. The van der Waals surface area contributed by atoms with Crippen LogP contribution >= 0.6 is 11.6 Å². The molecule has 0 aliphatic carbocycles. The Morgan fingerprint density at radius 2 is 1.96 bits per heavy atom. The second-order valence-electron chi connectivity index (χ2n) is 5.98. The van der Waals surface area contributed by atoms with Gasteiger partial charge in [0, 0.05) is 24.7 Å². The normalized spacial score (nSPS) is 15.3. The Bertz CT molecular complexity index is 818. The van der Waals surface area contributed by atoms with Crippen LogP contribution in [0.4, 0.5) is 29.1 Å². The number of hydrogen-bond donors (Lipinski definition) is 2. The molecule has 0 spiro atoms. The minimum absolute atomic E-state index is 0.0933. The molecular formula is C16H16ClF4N5O. The predicted octanol–water partition coefficient (Wildman–Crippen LogP) is 3.68. The Hall–Kier alpha value is -2.33. The van der Waals surface area contributed by atoms with Gasteiger partial charge in [0.05, 0.1) is 11.9 Å². The lowest BCUT2D eigenvalue weighted by atomic mass is 9.88. The molecule has 0 bridgehead atoms. The fourth-order valence-corrected chi connectivity index (χ4v) is 3.46. The summed E-state index contributed by atoms with van der Waals surface area (Å²) >= 11 is 6.23. The zero-order chi connectivity index (χ0) is 19.6. The van der Waals surface area contributed by atoms with Crippen molar-refractivity contribution in [1.29, 1.82) is 0 Å². The molecule has 0 unspecified atom stereocenters. The highest BCUT2D eigenvalue weighted by molar-refractivity contribution is 6.35. The number of nitrogens with zero attached hydrogens (tertiary/aromatic N) is 3. The zero-order valence-corrected chi connectivity index (χ0v) is 14.7. The van der Waals surface area contributed by atoms with Crippen molar-refractivity contribution in [3.8, 4) is 5.75 Å². The van der Waals surface area contributed by atoms with Gasteiger partial charge in [-0.05, 0) is 24.8 Å². The lowest BCUT2D eigenvalue weighted by Crippen LogP contribution is -2.33. The van der Waals surface area contributed by atoms with Gasteiger partial charge >= 0.3 is 6.61 Å². The first-order valence-corrected chi connectivity index (χ1v) is 8.45. The number of anilines is 2. The molecule has 0 atom stereocenters. The molecular weight excluding hydrogens is 390 g/mol. The van der Waals surface area contributed by atoms with Gasteiger partial charge in [-0.25, -0.2) is 14.6 Å². The van der Waals surface area contributed by atoms with Gasteiger partial charge in [0.25, 0.3) is 0 Å². The van der Waals surface area contributed by atoms with Gasteiger partial charge in [-0.3, -0.25) is 0 Å². The number of benzene rings is 1. The molecule has 1 aromatic carbocycles. The summed E-state index contributed by atoms with van der Waals surface area (Å²) < 4.78 is 57.1. The molecule has 2 heterocycles. The number of alkyl halides is 2. The number of ether oxygens (including phenoxy) is 1. The molecule has 1 saturated heterocycles. The molecule has 11 heteroatoms. The molecule has 0 radical (unpaired) electrons. The molecule has 3 rings (SSSR count). The number of nitrogens with two attached hydrogens (primary N) is 1. The van der Waals surface area contributed by atoms with Gasteiger partial charge in [0.2, 0.25) is 0 Å². The summed E-state index contributed by atoms with van der Waals surface area (Å²) in [4.78, 5) is 1.91. The van der Waals surface area contributed by atoms with Crippen molar-refractivity contribution in [2.75, 3.05) is 23.4 Å². The van der Waals surface area contributed by atoms with Crippen molar-refractivity contribution in [2.45, 2.75) is 25.4 Å². The van der Waals surface area contributed by atoms with Crippen LogP contribution in [0, 0.1) is 11.6 Å². The summed E-state index contributed by atoms with van der Waals surface area (Å²) in [6, 6.07) is 1.57. The maximum absolute atomic E-state index is 13.9. The molecule has 3 N–H and O–H groups in total. The topological polar surface area (TPSA) is 76.3 Å². The third-order valence-electron chi connectivity index (χ3n) is 4.43. The Labute approximate surface area is 157 Å². The first-order chi connectivity index (χ1) is 12.9. The fourth-order valence-electron chi connectivity index (χ4n) is 3.20. The van der Waals surface area contributed by atoms with Crippen LogP contribution in [-0.4, -0.2) is 29.9 Å². The third-order valence-corrected chi connectivity index (χ3v) is 4.80. The van der Waals surface area contributed by atoms with Crippen LogP contribution in [0.5, 0.6) is 5.75 Å². The molecule has 0 saturated carbocycles. The smallest absolute Gasteiger partial charge is 0.387 e. The first-order valence-electron chi connectivity index (χ1n) is 8.07. The summed E-state index contributed by atoms with van der Waals surface area (Å²) in [6.07, 6.45) is 2.38. The highest BCUT2D eigenvalue weighted by Crippen LogP contribution is 2.39. The van der Waals surface area contributed by atoms with Gasteiger partial charge in [-0.15, -0.1) is 5.10 Å². The fraction of sp³-hybridized carbons (Fsp3) is 0.375. The van der Waals surface area contributed by atoms with Crippen LogP contribution < -0.4 is 20.9 Å². The average molecular weight is 406 g/mol. The quantitative estimate of drug-likeness (QED) is 0.449. The van der Waals surface area contributed by atoms with Gasteiger partial charge in [0.1, 0.15) is 10.8 Å². The number of rotatable bonds is 5. The Kier molecular flexibility index (Phi) is 5.85. The molecule has 1 fully saturated rings. The number of halogens is 5. The van der Waals surface area contributed by atoms with Crippen molar-refractivity contribution >= 4 is 23.1 Å². The van der Waals surface area contributed by atoms with E-state index in [4.69, 9.17) is 17.4 Å². The van der Waals surface area contributed by atoms with E-state index < -0.39 is 24.0 Å². The summed E-state index contributed by atoms with van der Waals surface area (Å²) in [6.45, 7) is -2.27. The molecule has 27 heavy (non-hydrogen) atoms. The van der Waals surface area contributed by atoms with E-state index in [1.807, 2.05) is 4.90 Å². The summed E-state index contributed by atoms with van der Waals surface area (Å²) in [7, 11) is 0.